The van der Waals surface area contributed by atoms with E-state index in [0.717, 1.165) is 44.9 Å². The first-order valence-corrected chi connectivity index (χ1v) is 30.5. The van der Waals surface area contributed by atoms with Gasteiger partial charge in [0, 0.05) is 19.6 Å². The van der Waals surface area contributed by atoms with Gasteiger partial charge in [0.15, 0.2) is 0 Å². The Bertz CT molecular complexity index is 1130. The second kappa shape index (κ2) is 55.6. The van der Waals surface area contributed by atoms with Gasteiger partial charge in [0.2, 0.25) is 0 Å². The van der Waals surface area contributed by atoms with Crippen LogP contribution in [0.15, 0.2) is 36.5 Å². The molecule has 0 saturated carbocycles. The minimum atomic E-state index is -4.29. The molecule has 0 fully saturated rings. The molecule has 2 unspecified atom stereocenters. The van der Waals surface area contributed by atoms with Gasteiger partial charge in [-0.1, -0.05) is 269 Å². The van der Waals surface area contributed by atoms with Gasteiger partial charge < -0.3 is 20.1 Å². The first-order valence-electron chi connectivity index (χ1n) is 29.0. The van der Waals surface area contributed by atoms with Crippen LogP contribution in [0, 0.1) is 0 Å². The molecule has 0 bridgehead atoms. The van der Waals surface area contributed by atoms with E-state index in [1.54, 1.807) is 0 Å². The summed E-state index contributed by atoms with van der Waals surface area (Å²) in [6.45, 7) is 4.97. The molecule has 0 radical (unpaired) electrons. The molecule has 0 aromatic carbocycles. The lowest BCUT2D eigenvalue weighted by molar-refractivity contribution is -0.154. The van der Waals surface area contributed by atoms with Gasteiger partial charge in [0.25, 0.3) is 0 Å². The van der Waals surface area contributed by atoms with Crippen molar-refractivity contribution in [3.05, 3.63) is 36.5 Å². The highest BCUT2D eigenvalue weighted by molar-refractivity contribution is 7.47. The van der Waals surface area contributed by atoms with E-state index in [4.69, 9.17) is 24.3 Å². The van der Waals surface area contributed by atoms with Crippen LogP contribution >= 0.6 is 7.82 Å². The van der Waals surface area contributed by atoms with Gasteiger partial charge >= 0.3 is 13.8 Å². The molecular formula is C58H112NO7P. The normalized spacial score (nSPS) is 13.4. The Labute approximate surface area is 416 Å². The fourth-order valence-electron chi connectivity index (χ4n) is 8.54. The smallest absolute Gasteiger partial charge is 0.457 e. The van der Waals surface area contributed by atoms with E-state index >= 15 is 0 Å². The fourth-order valence-corrected chi connectivity index (χ4v) is 9.30. The van der Waals surface area contributed by atoms with Crippen molar-refractivity contribution in [2.45, 2.75) is 296 Å². The van der Waals surface area contributed by atoms with E-state index in [1.165, 1.54) is 225 Å². The largest absolute Gasteiger partial charge is 0.472 e. The molecule has 0 rings (SSSR count). The van der Waals surface area contributed by atoms with Gasteiger partial charge in [0.1, 0.15) is 6.10 Å². The first-order chi connectivity index (χ1) is 32.9. The number of allylic oxidation sites excluding steroid dienone is 6. The van der Waals surface area contributed by atoms with Gasteiger partial charge in [-0.3, -0.25) is 13.8 Å². The quantitative estimate of drug-likeness (QED) is 0.0268. The number of phosphoric acid groups is 1. The number of ether oxygens (including phenoxy) is 2. The van der Waals surface area contributed by atoms with Crippen molar-refractivity contribution >= 4 is 13.8 Å². The molecule has 3 N–H and O–H groups in total. The lowest BCUT2D eigenvalue weighted by atomic mass is 10.0. The van der Waals surface area contributed by atoms with Gasteiger partial charge in [-0.25, -0.2) is 4.57 Å². The van der Waals surface area contributed by atoms with Crippen LogP contribution in [-0.4, -0.2) is 49.9 Å². The molecule has 2 atom stereocenters. The highest BCUT2D eigenvalue weighted by Gasteiger charge is 2.25. The number of hydrogen-bond acceptors (Lipinski definition) is 7. The third-order valence-electron chi connectivity index (χ3n) is 12.8. The minimum absolute atomic E-state index is 0.0946. The van der Waals surface area contributed by atoms with Crippen molar-refractivity contribution in [1.82, 2.24) is 0 Å². The Morgan fingerprint density at radius 1 is 0.448 bits per heavy atom. The molecule has 9 heteroatoms. The van der Waals surface area contributed by atoms with Gasteiger partial charge in [-0.2, -0.15) is 0 Å². The number of hydrogen-bond donors (Lipinski definition) is 2. The van der Waals surface area contributed by atoms with Gasteiger partial charge in [-0.15, -0.1) is 0 Å². The maximum absolute atomic E-state index is 12.7. The first kappa shape index (κ1) is 65.7. The molecule has 0 aromatic rings. The molecule has 67 heavy (non-hydrogen) atoms. The zero-order valence-corrected chi connectivity index (χ0v) is 45.3. The van der Waals surface area contributed by atoms with Crippen molar-refractivity contribution in [2.75, 3.05) is 33.0 Å². The van der Waals surface area contributed by atoms with Crippen LogP contribution in [0.25, 0.3) is 0 Å². The molecule has 0 spiro atoms. The minimum Gasteiger partial charge on any atom is -0.457 e. The van der Waals surface area contributed by atoms with E-state index in [9.17, 15) is 14.3 Å². The van der Waals surface area contributed by atoms with Crippen LogP contribution in [0.5, 0.6) is 0 Å². The average molecular weight is 967 g/mol. The molecule has 0 aliphatic carbocycles. The Kier molecular flexibility index (Phi) is 54.6. The van der Waals surface area contributed by atoms with E-state index in [-0.39, 0.29) is 32.3 Å². The summed E-state index contributed by atoms with van der Waals surface area (Å²) in [7, 11) is -4.29. The molecule has 0 aromatic heterocycles. The van der Waals surface area contributed by atoms with E-state index in [1.807, 2.05) is 0 Å². The summed E-state index contributed by atoms with van der Waals surface area (Å²) in [6, 6.07) is 0. The summed E-state index contributed by atoms with van der Waals surface area (Å²) < 4.78 is 33.7. The summed E-state index contributed by atoms with van der Waals surface area (Å²) >= 11 is 0. The molecule has 0 saturated heterocycles. The van der Waals surface area contributed by atoms with Gasteiger partial charge in [-0.05, 0) is 51.4 Å². The summed E-state index contributed by atoms with van der Waals surface area (Å²) in [5.41, 5.74) is 5.40. The lowest BCUT2D eigenvalue weighted by Gasteiger charge is -2.20. The molecule has 0 heterocycles. The number of unbranched alkanes of at least 4 members (excludes halogenated alkanes) is 37. The molecule has 0 amide bonds. The monoisotopic (exact) mass is 966 g/mol. The summed E-state index contributed by atoms with van der Waals surface area (Å²) in [4.78, 5) is 22.7. The van der Waals surface area contributed by atoms with Crippen LogP contribution < -0.4 is 5.73 Å². The highest BCUT2D eigenvalue weighted by Crippen LogP contribution is 2.43. The average Bonchev–Trinajstić information content (AvgIpc) is 3.32. The third-order valence-corrected chi connectivity index (χ3v) is 13.8. The van der Waals surface area contributed by atoms with Crippen LogP contribution in [-0.2, 0) is 27.9 Å². The second-order valence-corrected chi connectivity index (χ2v) is 21.0. The second-order valence-electron chi connectivity index (χ2n) is 19.5. The van der Waals surface area contributed by atoms with Crippen molar-refractivity contribution in [1.29, 1.82) is 0 Å². The molecular weight excluding hydrogens is 854 g/mol. The van der Waals surface area contributed by atoms with Crippen molar-refractivity contribution in [3.63, 3.8) is 0 Å². The summed E-state index contributed by atoms with van der Waals surface area (Å²) in [5, 5.41) is 0. The highest BCUT2D eigenvalue weighted by atomic mass is 31.2. The zero-order valence-electron chi connectivity index (χ0n) is 44.4. The molecule has 8 nitrogen and oxygen atoms in total. The predicted molar refractivity (Wildman–Crippen MR) is 289 cm³/mol. The van der Waals surface area contributed by atoms with Crippen LogP contribution in [0.3, 0.4) is 0 Å². The van der Waals surface area contributed by atoms with Gasteiger partial charge in [0.05, 0.1) is 19.8 Å². The number of nitrogens with two attached hydrogens (primary N) is 1. The third kappa shape index (κ3) is 55.5. The number of rotatable bonds is 56. The number of carbonyl (C=O) groups is 1. The van der Waals surface area contributed by atoms with Crippen molar-refractivity contribution in [2.24, 2.45) is 5.73 Å². The standard InChI is InChI=1S/C58H112NO7P/c1-3-5-7-9-11-13-15-17-19-21-23-25-27-28-29-31-33-35-37-39-41-43-45-47-49-51-58(60)66-57(56-65-67(61,62)64-54-52-59)55-63-53-50-48-46-44-42-40-38-36-34-32-30-26-24-22-20-18-16-14-12-10-8-6-4-2/h15,17,21,23,27-28,57H,3-14,16,18-20,22,24-26,29-56,59H2,1-2H3,(H,61,62)/b17-15-,23-21-,28-27-. The Hall–Kier alpha value is -1.28. The number of carbonyl (C=O) groups excluding carboxylic acids is 1. The molecule has 0 aliphatic heterocycles. The molecule has 396 valence electrons. The summed E-state index contributed by atoms with van der Waals surface area (Å²) in [6.07, 6.45) is 67.7. The summed E-state index contributed by atoms with van der Waals surface area (Å²) in [5.74, 6) is -0.328. The van der Waals surface area contributed by atoms with Crippen LogP contribution in [0.4, 0.5) is 0 Å². The van der Waals surface area contributed by atoms with E-state index < -0.39 is 13.9 Å². The van der Waals surface area contributed by atoms with Crippen molar-refractivity contribution < 1.29 is 32.8 Å². The predicted octanol–water partition coefficient (Wildman–Crippen LogP) is 18.5. The number of phosphoric ester groups is 1. The maximum atomic E-state index is 12.7. The Morgan fingerprint density at radius 2 is 0.791 bits per heavy atom. The fraction of sp³-hybridized carbons (Fsp3) is 0.879. The SMILES string of the molecule is CCCCCCC/C=C\C/C=C\C/C=C\CCCCCCCCCCCCC(=O)OC(COCCCCCCCCCCCCCCCCCCCCCCCCC)COP(=O)(O)OCCN. The maximum Gasteiger partial charge on any atom is 0.472 e. The van der Waals surface area contributed by atoms with Crippen LogP contribution in [0.1, 0.15) is 290 Å². The number of esters is 1. The Balaban J connectivity index is 3.87. The van der Waals surface area contributed by atoms with Crippen LogP contribution in [0.2, 0.25) is 0 Å². The van der Waals surface area contributed by atoms with Crippen molar-refractivity contribution in [3.8, 4) is 0 Å². The zero-order chi connectivity index (χ0) is 48.7. The lowest BCUT2D eigenvalue weighted by Crippen LogP contribution is -2.28. The Morgan fingerprint density at radius 3 is 1.18 bits per heavy atom. The topological polar surface area (TPSA) is 117 Å². The van der Waals surface area contributed by atoms with E-state index in [2.05, 4.69) is 50.3 Å². The van der Waals surface area contributed by atoms with E-state index in [0.29, 0.717) is 13.0 Å². The molecule has 0 aliphatic rings.